The van der Waals surface area contributed by atoms with E-state index in [2.05, 4.69) is 20.3 Å². The van der Waals surface area contributed by atoms with Gasteiger partial charge in [-0.1, -0.05) is 23.4 Å². The fourth-order valence-electron chi connectivity index (χ4n) is 3.71. The predicted molar refractivity (Wildman–Crippen MR) is 97.4 cm³/mol. The first kappa shape index (κ1) is 16.8. The van der Waals surface area contributed by atoms with Gasteiger partial charge >= 0.3 is 5.69 Å². The summed E-state index contributed by atoms with van der Waals surface area (Å²) in [5, 5.41) is 11.0. The number of H-pyrrole nitrogens is 1. The largest absolute Gasteiger partial charge is 0.361 e. The molecule has 0 atom stereocenters. The average Bonchev–Trinajstić information content (AvgIpc) is 3.20. The first-order valence-electron chi connectivity index (χ1n) is 9.00. The monoisotopic (exact) mass is 353 g/mol. The molecule has 0 spiro atoms. The summed E-state index contributed by atoms with van der Waals surface area (Å²) in [6.45, 7) is 6.74. The molecule has 3 aromatic rings. The molecule has 0 amide bonds. The molecule has 0 radical (unpaired) electrons. The summed E-state index contributed by atoms with van der Waals surface area (Å²) < 4.78 is 6.97. The van der Waals surface area contributed by atoms with Crippen molar-refractivity contribution in [1.29, 1.82) is 0 Å². The molecule has 136 valence electrons. The third-order valence-electron chi connectivity index (χ3n) is 5.23. The van der Waals surface area contributed by atoms with Crippen LogP contribution >= 0.6 is 0 Å². The standard InChI is InChI=1S/C19H23N5O2/c1-13-17(14(2)26-22-13)12-23-10-8-15(9-11-23)18-20-21-19(25)24(18)16-6-4-3-5-7-16/h3-7,15H,8-12H2,1-2H3,(H,21,25). The van der Waals surface area contributed by atoms with Crippen molar-refractivity contribution in [3.05, 3.63) is 63.7 Å². The number of likely N-dealkylation sites (tertiary alicyclic amines) is 1. The number of aromatic amines is 1. The summed E-state index contributed by atoms with van der Waals surface area (Å²) in [6.07, 6.45) is 1.95. The molecular weight excluding hydrogens is 330 g/mol. The molecule has 1 aliphatic rings. The minimum absolute atomic E-state index is 0.177. The maximum Gasteiger partial charge on any atom is 0.347 e. The zero-order chi connectivity index (χ0) is 18.1. The van der Waals surface area contributed by atoms with Crippen LogP contribution in [0.25, 0.3) is 5.69 Å². The Bertz CT molecular complexity index is 913. The van der Waals surface area contributed by atoms with Gasteiger partial charge in [0.2, 0.25) is 0 Å². The van der Waals surface area contributed by atoms with Crippen molar-refractivity contribution in [3.8, 4) is 5.69 Å². The van der Waals surface area contributed by atoms with Crippen LogP contribution in [-0.4, -0.2) is 37.9 Å². The summed E-state index contributed by atoms with van der Waals surface area (Å²) in [5.41, 5.74) is 2.84. The number of benzene rings is 1. The zero-order valence-corrected chi connectivity index (χ0v) is 15.1. The van der Waals surface area contributed by atoms with Gasteiger partial charge in [-0.15, -0.1) is 0 Å². The number of hydrogen-bond donors (Lipinski definition) is 1. The quantitative estimate of drug-likeness (QED) is 0.780. The third kappa shape index (κ3) is 3.10. The van der Waals surface area contributed by atoms with Crippen molar-refractivity contribution in [2.45, 2.75) is 39.2 Å². The first-order valence-corrected chi connectivity index (χ1v) is 9.00. The van der Waals surface area contributed by atoms with E-state index >= 15 is 0 Å². The van der Waals surface area contributed by atoms with E-state index in [1.54, 1.807) is 4.57 Å². The molecule has 1 aromatic carbocycles. The molecule has 1 aliphatic heterocycles. The molecule has 1 N–H and O–H groups in total. The Morgan fingerprint density at radius 2 is 1.92 bits per heavy atom. The molecule has 7 nitrogen and oxygen atoms in total. The van der Waals surface area contributed by atoms with Gasteiger partial charge in [0.25, 0.3) is 0 Å². The molecule has 0 saturated carbocycles. The second-order valence-electron chi connectivity index (χ2n) is 6.91. The van der Waals surface area contributed by atoms with Crippen LogP contribution in [0.5, 0.6) is 0 Å². The summed E-state index contributed by atoms with van der Waals surface area (Å²) in [4.78, 5) is 14.7. The van der Waals surface area contributed by atoms with Crippen molar-refractivity contribution < 1.29 is 4.52 Å². The second kappa shape index (κ2) is 6.92. The third-order valence-corrected chi connectivity index (χ3v) is 5.23. The van der Waals surface area contributed by atoms with Crippen molar-refractivity contribution >= 4 is 0 Å². The molecule has 4 rings (SSSR count). The molecule has 0 bridgehead atoms. The highest BCUT2D eigenvalue weighted by Gasteiger charge is 2.26. The molecule has 1 saturated heterocycles. The van der Waals surface area contributed by atoms with Crippen LogP contribution in [-0.2, 0) is 6.54 Å². The predicted octanol–water partition coefficient (Wildman–Crippen LogP) is 2.55. The maximum absolute atomic E-state index is 12.3. The van der Waals surface area contributed by atoms with Gasteiger partial charge < -0.3 is 4.52 Å². The van der Waals surface area contributed by atoms with Crippen LogP contribution < -0.4 is 5.69 Å². The van der Waals surface area contributed by atoms with E-state index in [-0.39, 0.29) is 11.6 Å². The Kier molecular flexibility index (Phi) is 4.46. The molecule has 1 fully saturated rings. The van der Waals surface area contributed by atoms with Crippen molar-refractivity contribution in [2.24, 2.45) is 0 Å². The van der Waals surface area contributed by atoms with E-state index in [1.807, 2.05) is 44.2 Å². The van der Waals surface area contributed by atoms with Crippen LogP contribution in [0.15, 0.2) is 39.6 Å². The van der Waals surface area contributed by atoms with Crippen LogP contribution in [0.1, 0.15) is 41.6 Å². The molecule has 2 aromatic heterocycles. The molecular formula is C19H23N5O2. The molecule has 26 heavy (non-hydrogen) atoms. The zero-order valence-electron chi connectivity index (χ0n) is 15.1. The van der Waals surface area contributed by atoms with E-state index in [0.29, 0.717) is 0 Å². The van der Waals surface area contributed by atoms with E-state index in [9.17, 15) is 4.79 Å². The molecule has 0 aliphatic carbocycles. The van der Waals surface area contributed by atoms with Gasteiger partial charge in [0.1, 0.15) is 11.6 Å². The van der Waals surface area contributed by atoms with Crippen molar-refractivity contribution in [2.75, 3.05) is 13.1 Å². The van der Waals surface area contributed by atoms with Gasteiger partial charge in [-0.3, -0.25) is 4.90 Å². The van der Waals surface area contributed by atoms with Gasteiger partial charge in [0.15, 0.2) is 0 Å². The smallest absolute Gasteiger partial charge is 0.347 e. The van der Waals surface area contributed by atoms with Gasteiger partial charge in [-0.25, -0.2) is 14.5 Å². The number of piperidine rings is 1. The van der Waals surface area contributed by atoms with Crippen molar-refractivity contribution in [1.82, 2.24) is 24.8 Å². The van der Waals surface area contributed by atoms with Crippen LogP contribution in [0.4, 0.5) is 0 Å². The van der Waals surface area contributed by atoms with Crippen LogP contribution in [0, 0.1) is 13.8 Å². The van der Waals surface area contributed by atoms with Crippen LogP contribution in [0.2, 0.25) is 0 Å². The fraction of sp³-hybridized carbons (Fsp3) is 0.421. The average molecular weight is 353 g/mol. The maximum atomic E-state index is 12.3. The lowest BCUT2D eigenvalue weighted by Gasteiger charge is -2.31. The molecule has 3 heterocycles. The van der Waals surface area contributed by atoms with Crippen LogP contribution in [0.3, 0.4) is 0 Å². The lowest BCUT2D eigenvalue weighted by molar-refractivity contribution is 0.199. The lowest BCUT2D eigenvalue weighted by Crippen LogP contribution is -2.34. The minimum Gasteiger partial charge on any atom is -0.361 e. The summed E-state index contributed by atoms with van der Waals surface area (Å²) in [5.74, 6) is 2.00. The van der Waals surface area contributed by atoms with E-state index in [1.165, 1.54) is 5.56 Å². The number of nitrogens with zero attached hydrogens (tertiary/aromatic N) is 4. The number of hydrogen-bond acceptors (Lipinski definition) is 5. The lowest BCUT2D eigenvalue weighted by atomic mass is 9.95. The highest BCUT2D eigenvalue weighted by molar-refractivity contribution is 5.32. The Morgan fingerprint density at radius 1 is 1.19 bits per heavy atom. The first-order chi connectivity index (χ1) is 12.6. The van der Waals surface area contributed by atoms with Gasteiger partial charge in [0.05, 0.1) is 11.4 Å². The Balaban J connectivity index is 1.49. The second-order valence-corrected chi connectivity index (χ2v) is 6.91. The highest BCUT2D eigenvalue weighted by atomic mass is 16.5. The number of aromatic nitrogens is 4. The highest BCUT2D eigenvalue weighted by Crippen LogP contribution is 2.28. The number of para-hydroxylation sites is 1. The van der Waals surface area contributed by atoms with Gasteiger partial charge in [0, 0.05) is 18.0 Å². The SMILES string of the molecule is Cc1noc(C)c1CN1CCC(c2n[nH]c(=O)n2-c2ccccc2)CC1. The Morgan fingerprint density at radius 3 is 2.58 bits per heavy atom. The Hall–Kier alpha value is -2.67. The molecule has 0 unspecified atom stereocenters. The number of nitrogens with one attached hydrogen (secondary N) is 1. The van der Waals surface area contributed by atoms with E-state index in [0.717, 1.165) is 55.4 Å². The topological polar surface area (TPSA) is 80.0 Å². The number of rotatable bonds is 4. The summed E-state index contributed by atoms with van der Waals surface area (Å²) in [6, 6.07) is 9.69. The Labute approximate surface area is 151 Å². The van der Waals surface area contributed by atoms with Gasteiger partial charge in [-0.2, -0.15) is 5.10 Å². The van der Waals surface area contributed by atoms with Gasteiger partial charge in [-0.05, 0) is 51.9 Å². The summed E-state index contributed by atoms with van der Waals surface area (Å²) >= 11 is 0. The fourth-order valence-corrected chi connectivity index (χ4v) is 3.71. The normalized spacial score (nSPS) is 16.2. The number of aryl methyl sites for hydroxylation is 2. The summed E-state index contributed by atoms with van der Waals surface area (Å²) in [7, 11) is 0. The van der Waals surface area contributed by atoms with E-state index in [4.69, 9.17) is 4.52 Å². The van der Waals surface area contributed by atoms with Crippen molar-refractivity contribution in [3.63, 3.8) is 0 Å². The molecule has 7 heteroatoms. The van der Waals surface area contributed by atoms with E-state index < -0.39 is 0 Å². The minimum atomic E-state index is -0.177.